The maximum Gasteiger partial charge on any atom is 0.261 e. The first kappa shape index (κ1) is 12.4. The van der Waals surface area contributed by atoms with Gasteiger partial charge < -0.3 is 5.32 Å². The number of amides is 2. The third-order valence-corrected chi connectivity index (χ3v) is 4.07. The van der Waals surface area contributed by atoms with Gasteiger partial charge in [-0.3, -0.25) is 14.5 Å². The monoisotopic (exact) mass is 258 g/mol. The first-order chi connectivity index (χ1) is 9.08. The van der Waals surface area contributed by atoms with Crippen LogP contribution in [0.2, 0.25) is 0 Å². The number of hydrogen-bond acceptors (Lipinski definition) is 3. The van der Waals surface area contributed by atoms with Crippen LogP contribution in [0.4, 0.5) is 0 Å². The van der Waals surface area contributed by atoms with E-state index in [0.717, 1.165) is 18.4 Å². The molecule has 1 N–H and O–H groups in total. The zero-order valence-electron chi connectivity index (χ0n) is 11.3. The van der Waals surface area contributed by atoms with Crippen LogP contribution in [0, 0.1) is 6.92 Å². The van der Waals surface area contributed by atoms with Crippen molar-refractivity contribution in [1.29, 1.82) is 0 Å². The van der Waals surface area contributed by atoms with Crippen LogP contribution in [0.3, 0.4) is 0 Å². The summed E-state index contributed by atoms with van der Waals surface area (Å²) in [4.78, 5) is 26.2. The summed E-state index contributed by atoms with van der Waals surface area (Å²) in [7, 11) is 0. The Kier molecular flexibility index (Phi) is 2.90. The minimum Gasteiger partial charge on any atom is -0.312 e. The average molecular weight is 258 g/mol. The van der Waals surface area contributed by atoms with Crippen molar-refractivity contribution >= 4 is 11.8 Å². The lowest BCUT2D eigenvalue weighted by atomic mass is 10.0. The number of hydrogen-bond donors (Lipinski definition) is 1. The molecule has 3 rings (SSSR count). The Hall–Kier alpha value is -1.68. The van der Waals surface area contributed by atoms with Crippen molar-refractivity contribution in [2.24, 2.45) is 0 Å². The smallest absolute Gasteiger partial charge is 0.261 e. The molecule has 1 aromatic rings. The van der Waals surface area contributed by atoms with Gasteiger partial charge in [0.1, 0.15) is 0 Å². The van der Waals surface area contributed by atoms with Gasteiger partial charge in [-0.1, -0.05) is 11.6 Å². The number of fused-ring (bicyclic) bond motifs is 1. The molecule has 0 radical (unpaired) electrons. The Morgan fingerprint density at radius 2 is 1.89 bits per heavy atom. The second-order valence-corrected chi connectivity index (χ2v) is 5.57. The summed E-state index contributed by atoms with van der Waals surface area (Å²) in [6, 6.07) is 5.92. The van der Waals surface area contributed by atoms with Crippen molar-refractivity contribution in [3.8, 4) is 0 Å². The van der Waals surface area contributed by atoms with Crippen LogP contribution >= 0.6 is 0 Å². The van der Waals surface area contributed by atoms with E-state index in [2.05, 4.69) is 12.2 Å². The van der Waals surface area contributed by atoms with E-state index in [0.29, 0.717) is 23.7 Å². The number of nitrogens with one attached hydrogen (secondary N) is 1. The Labute approximate surface area is 112 Å². The second kappa shape index (κ2) is 4.46. The van der Waals surface area contributed by atoms with Gasteiger partial charge in [0.15, 0.2) is 0 Å². The van der Waals surface area contributed by atoms with Crippen molar-refractivity contribution in [3.05, 3.63) is 34.9 Å². The lowest BCUT2D eigenvalue weighted by molar-refractivity contribution is 0.0551. The summed E-state index contributed by atoms with van der Waals surface area (Å²) in [5.41, 5.74) is 2.12. The largest absolute Gasteiger partial charge is 0.312 e. The van der Waals surface area contributed by atoms with Gasteiger partial charge in [0.2, 0.25) is 0 Å². The predicted molar refractivity (Wildman–Crippen MR) is 72.2 cm³/mol. The Morgan fingerprint density at radius 1 is 1.16 bits per heavy atom. The fraction of sp³-hybridized carbons (Fsp3) is 0.467. The first-order valence-corrected chi connectivity index (χ1v) is 6.80. The highest BCUT2D eigenvalue weighted by Gasteiger charge is 2.40. The van der Waals surface area contributed by atoms with Gasteiger partial charge in [0, 0.05) is 12.6 Å². The molecule has 0 bridgehead atoms. The molecule has 4 nitrogen and oxygen atoms in total. The quantitative estimate of drug-likeness (QED) is 0.780. The molecule has 2 aliphatic heterocycles. The molecule has 2 amide bonds. The van der Waals surface area contributed by atoms with Gasteiger partial charge in [-0.15, -0.1) is 0 Å². The lowest BCUT2D eigenvalue weighted by Crippen LogP contribution is -2.50. The summed E-state index contributed by atoms with van der Waals surface area (Å²) in [5.74, 6) is -0.272. The molecule has 2 aliphatic rings. The highest BCUT2D eigenvalue weighted by molar-refractivity contribution is 6.21. The van der Waals surface area contributed by atoms with Crippen LogP contribution in [-0.4, -0.2) is 35.3 Å². The van der Waals surface area contributed by atoms with Crippen molar-refractivity contribution < 1.29 is 9.59 Å². The van der Waals surface area contributed by atoms with Gasteiger partial charge in [-0.2, -0.15) is 0 Å². The number of imide groups is 1. The number of carbonyl (C=O) groups excluding carboxylic acids is 2. The fourth-order valence-corrected chi connectivity index (χ4v) is 2.91. The highest BCUT2D eigenvalue weighted by Crippen LogP contribution is 2.28. The number of benzene rings is 1. The minimum absolute atomic E-state index is 0.0103. The third-order valence-electron chi connectivity index (χ3n) is 4.07. The van der Waals surface area contributed by atoms with Crippen molar-refractivity contribution in [2.45, 2.75) is 38.8 Å². The fourth-order valence-electron chi connectivity index (χ4n) is 2.91. The van der Waals surface area contributed by atoms with Crippen LogP contribution in [0.5, 0.6) is 0 Å². The summed E-state index contributed by atoms with van der Waals surface area (Å²) >= 11 is 0. The van der Waals surface area contributed by atoms with E-state index in [4.69, 9.17) is 0 Å². The zero-order chi connectivity index (χ0) is 13.6. The maximum atomic E-state index is 12.4. The Bertz CT molecular complexity index is 545. The zero-order valence-corrected chi connectivity index (χ0v) is 11.3. The van der Waals surface area contributed by atoms with Gasteiger partial charge in [0.25, 0.3) is 11.8 Å². The molecular formula is C15H18N2O2. The number of carbonyl (C=O) groups is 2. The van der Waals surface area contributed by atoms with Crippen molar-refractivity contribution in [1.82, 2.24) is 10.2 Å². The van der Waals surface area contributed by atoms with Crippen molar-refractivity contribution in [2.75, 3.05) is 6.54 Å². The van der Waals surface area contributed by atoms with Crippen LogP contribution < -0.4 is 5.32 Å². The number of nitrogens with zero attached hydrogens (tertiary/aromatic N) is 1. The normalized spacial score (nSPS) is 26.7. The lowest BCUT2D eigenvalue weighted by Gasteiger charge is -2.32. The van der Waals surface area contributed by atoms with Crippen LogP contribution in [0.1, 0.15) is 46.0 Å². The Morgan fingerprint density at radius 3 is 2.58 bits per heavy atom. The van der Waals surface area contributed by atoms with E-state index in [1.165, 1.54) is 4.90 Å². The summed E-state index contributed by atoms with van der Waals surface area (Å²) in [5, 5.41) is 3.34. The molecule has 1 fully saturated rings. The first-order valence-electron chi connectivity index (χ1n) is 6.80. The maximum absolute atomic E-state index is 12.4. The van der Waals surface area contributed by atoms with Crippen LogP contribution in [-0.2, 0) is 0 Å². The van der Waals surface area contributed by atoms with E-state index >= 15 is 0 Å². The van der Waals surface area contributed by atoms with Crippen LogP contribution in [0.25, 0.3) is 0 Å². The predicted octanol–water partition coefficient (Wildman–Crippen LogP) is 1.73. The molecule has 4 heteroatoms. The standard InChI is InChI=1S/C15H18N2O2/c1-9-3-6-12-13(7-9)15(19)17(14(12)18)11-5-4-10(2)16-8-11/h3,6-7,10-11,16H,4-5,8H2,1-2H3. The molecule has 0 spiro atoms. The van der Waals surface area contributed by atoms with E-state index < -0.39 is 0 Å². The van der Waals surface area contributed by atoms with Gasteiger partial charge in [0.05, 0.1) is 17.2 Å². The molecule has 19 heavy (non-hydrogen) atoms. The third kappa shape index (κ3) is 1.96. The molecular weight excluding hydrogens is 240 g/mol. The number of piperidine rings is 1. The van der Waals surface area contributed by atoms with Gasteiger partial charge in [-0.05, 0) is 38.8 Å². The molecule has 1 saturated heterocycles. The van der Waals surface area contributed by atoms with Gasteiger partial charge in [-0.25, -0.2) is 0 Å². The molecule has 2 unspecified atom stereocenters. The molecule has 2 heterocycles. The summed E-state index contributed by atoms with van der Waals surface area (Å²) in [6.45, 7) is 4.76. The van der Waals surface area contributed by atoms with E-state index in [-0.39, 0.29) is 17.9 Å². The van der Waals surface area contributed by atoms with E-state index in [1.807, 2.05) is 19.1 Å². The number of aryl methyl sites for hydroxylation is 1. The SMILES string of the molecule is Cc1ccc2c(c1)C(=O)N(C1CCC(C)NC1)C2=O. The Balaban J connectivity index is 1.90. The molecule has 0 saturated carbocycles. The minimum atomic E-state index is -0.138. The van der Waals surface area contributed by atoms with Crippen molar-refractivity contribution in [3.63, 3.8) is 0 Å². The van der Waals surface area contributed by atoms with E-state index in [1.54, 1.807) is 6.07 Å². The molecule has 2 atom stereocenters. The van der Waals surface area contributed by atoms with Crippen LogP contribution in [0.15, 0.2) is 18.2 Å². The highest BCUT2D eigenvalue weighted by atomic mass is 16.2. The van der Waals surface area contributed by atoms with Gasteiger partial charge >= 0.3 is 0 Å². The summed E-state index contributed by atoms with van der Waals surface area (Å²) in [6.07, 6.45) is 1.88. The molecule has 0 aliphatic carbocycles. The molecule has 100 valence electrons. The topological polar surface area (TPSA) is 49.4 Å². The average Bonchev–Trinajstić information content (AvgIpc) is 2.63. The number of rotatable bonds is 1. The summed E-state index contributed by atoms with van der Waals surface area (Å²) < 4.78 is 0. The molecule has 1 aromatic carbocycles. The van der Waals surface area contributed by atoms with E-state index in [9.17, 15) is 9.59 Å². The second-order valence-electron chi connectivity index (χ2n) is 5.57. The molecule has 0 aromatic heterocycles.